The zero-order chi connectivity index (χ0) is 21.5. The minimum atomic E-state index is -4.46. The Bertz CT molecular complexity index is 1440. The van der Waals surface area contributed by atoms with Crippen molar-refractivity contribution in [2.75, 3.05) is 0 Å². The highest BCUT2D eigenvalue weighted by molar-refractivity contribution is 7.91. The van der Waals surface area contributed by atoms with Crippen LogP contribution in [0.4, 0.5) is 13.2 Å². The number of halogens is 3. The fraction of sp³-hybridized carbons (Fsp3) is 0. The van der Waals surface area contributed by atoms with Gasteiger partial charge in [0.05, 0.1) is 26.9 Å². The predicted molar refractivity (Wildman–Crippen MR) is 104 cm³/mol. The van der Waals surface area contributed by atoms with Crippen LogP contribution in [-0.2, 0) is 9.84 Å². The summed E-state index contributed by atoms with van der Waals surface area (Å²) in [5, 5.41) is 9.38. The highest BCUT2D eigenvalue weighted by atomic mass is 32.2. The molecule has 0 N–H and O–H groups in total. The van der Waals surface area contributed by atoms with Crippen LogP contribution >= 0.6 is 0 Å². The summed E-state index contributed by atoms with van der Waals surface area (Å²) in [4.78, 5) is 3.08. The molecule has 1 heterocycles. The summed E-state index contributed by atoms with van der Waals surface area (Å²) in [6.45, 7) is 0. The lowest BCUT2D eigenvalue weighted by molar-refractivity contribution is 0.567. The normalized spacial score (nSPS) is 11.4. The second kappa shape index (κ2) is 7.28. The fourth-order valence-corrected chi connectivity index (χ4v) is 4.67. The number of hydrogen-bond donors (Lipinski definition) is 0. The molecule has 0 saturated carbocycles. The van der Waals surface area contributed by atoms with Crippen molar-refractivity contribution in [1.29, 1.82) is 5.26 Å². The van der Waals surface area contributed by atoms with Gasteiger partial charge in [0.1, 0.15) is 17.5 Å². The van der Waals surface area contributed by atoms with Crippen LogP contribution in [0.2, 0.25) is 0 Å². The minimum absolute atomic E-state index is 0.00717. The van der Waals surface area contributed by atoms with Gasteiger partial charge in [-0.25, -0.2) is 21.6 Å². The molecule has 8 heteroatoms. The number of fused-ring (bicyclic) bond motifs is 1. The van der Waals surface area contributed by atoms with E-state index in [2.05, 4.69) is 4.98 Å². The lowest BCUT2D eigenvalue weighted by atomic mass is 10.00. The number of pyridine rings is 1. The van der Waals surface area contributed by atoms with E-state index in [4.69, 9.17) is 5.26 Å². The second-order valence-corrected chi connectivity index (χ2v) is 8.35. The van der Waals surface area contributed by atoms with E-state index < -0.39 is 37.1 Å². The Morgan fingerprint density at radius 2 is 1.60 bits per heavy atom. The lowest BCUT2D eigenvalue weighted by Crippen LogP contribution is -2.07. The standard InChI is InChI=1S/C22H11F3N2O2S/c23-14-8-15(24)10-16(9-14)30(28,29)21-12-27-20-7-13(11-26)5-6-18(20)22(21)17-3-1-2-4-19(17)25/h1-10,12H. The molecule has 30 heavy (non-hydrogen) atoms. The summed E-state index contributed by atoms with van der Waals surface area (Å²) in [7, 11) is -4.46. The van der Waals surface area contributed by atoms with E-state index in [9.17, 15) is 21.6 Å². The largest absolute Gasteiger partial charge is 0.255 e. The van der Waals surface area contributed by atoms with E-state index in [0.717, 1.165) is 6.20 Å². The summed E-state index contributed by atoms with van der Waals surface area (Å²) in [5.41, 5.74) is 0.534. The zero-order valence-corrected chi connectivity index (χ0v) is 15.9. The highest BCUT2D eigenvalue weighted by Crippen LogP contribution is 2.38. The molecule has 0 saturated heterocycles. The number of benzene rings is 3. The van der Waals surface area contributed by atoms with Gasteiger partial charge in [-0.15, -0.1) is 0 Å². The van der Waals surface area contributed by atoms with Crippen molar-refractivity contribution in [3.8, 4) is 17.2 Å². The molecule has 0 amide bonds. The van der Waals surface area contributed by atoms with Crippen LogP contribution in [0.15, 0.2) is 76.7 Å². The Hall–Kier alpha value is -3.70. The maximum absolute atomic E-state index is 14.7. The smallest absolute Gasteiger partial charge is 0.208 e. The second-order valence-electron chi connectivity index (χ2n) is 6.43. The molecule has 0 unspecified atom stereocenters. The van der Waals surface area contributed by atoms with Crippen LogP contribution in [0, 0.1) is 28.8 Å². The van der Waals surface area contributed by atoms with Gasteiger partial charge < -0.3 is 0 Å². The number of hydrogen-bond acceptors (Lipinski definition) is 4. The van der Waals surface area contributed by atoms with Crippen LogP contribution < -0.4 is 0 Å². The molecule has 0 aliphatic rings. The van der Waals surface area contributed by atoms with Crippen molar-refractivity contribution in [2.24, 2.45) is 0 Å². The van der Waals surface area contributed by atoms with Crippen LogP contribution in [0.1, 0.15) is 5.56 Å². The van der Waals surface area contributed by atoms with Gasteiger partial charge in [-0.2, -0.15) is 5.26 Å². The van der Waals surface area contributed by atoms with Crippen molar-refractivity contribution in [1.82, 2.24) is 4.98 Å². The molecule has 4 nitrogen and oxygen atoms in total. The highest BCUT2D eigenvalue weighted by Gasteiger charge is 2.27. The van der Waals surface area contributed by atoms with E-state index in [0.29, 0.717) is 18.2 Å². The Balaban J connectivity index is 2.11. The Kier molecular flexibility index (Phi) is 4.76. The molecule has 1 aromatic heterocycles. The SMILES string of the molecule is N#Cc1ccc2c(-c3ccccc3F)c(S(=O)(=O)c3cc(F)cc(F)c3)cnc2c1. The molecule has 4 aromatic rings. The molecule has 0 fully saturated rings. The van der Waals surface area contributed by atoms with Crippen LogP contribution in [0.25, 0.3) is 22.0 Å². The maximum atomic E-state index is 14.7. The molecule has 0 aliphatic heterocycles. The molecule has 0 radical (unpaired) electrons. The first kappa shape index (κ1) is 19.6. The Morgan fingerprint density at radius 1 is 0.900 bits per heavy atom. The number of nitrogens with zero attached hydrogens (tertiary/aromatic N) is 2. The third-order valence-electron chi connectivity index (χ3n) is 4.54. The summed E-state index contributed by atoms with van der Waals surface area (Å²) < 4.78 is 68.6. The van der Waals surface area contributed by atoms with Crippen molar-refractivity contribution in [3.63, 3.8) is 0 Å². The molecule has 3 aromatic carbocycles. The zero-order valence-electron chi connectivity index (χ0n) is 15.1. The molecule has 148 valence electrons. The van der Waals surface area contributed by atoms with Gasteiger partial charge >= 0.3 is 0 Å². The van der Waals surface area contributed by atoms with Crippen molar-refractivity contribution in [3.05, 3.63) is 89.9 Å². The number of aromatic nitrogens is 1. The molecular weight excluding hydrogens is 413 g/mol. The van der Waals surface area contributed by atoms with Gasteiger partial charge in [-0.05, 0) is 30.3 Å². The summed E-state index contributed by atoms with van der Waals surface area (Å²) in [6, 6.07) is 13.8. The topological polar surface area (TPSA) is 70.8 Å². The minimum Gasteiger partial charge on any atom is -0.255 e. The van der Waals surface area contributed by atoms with Gasteiger partial charge in [0, 0.05) is 28.8 Å². The molecule has 0 atom stereocenters. The first-order valence-electron chi connectivity index (χ1n) is 8.60. The van der Waals surface area contributed by atoms with Gasteiger partial charge in [-0.3, -0.25) is 4.98 Å². The van der Waals surface area contributed by atoms with Crippen molar-refractivity contribution >= 4 is 20.7 Å². The van der Waals surface area contributed by atoms with E-state index >= 15 is 0 Å². The first-order valence-corrected chi connectivity index (χ1v) is 10.1. The summed E-state index contributed by atoms with van der Waals surface area (Å²) >= 11 is 0. The third-order valence-corrected chi connectivity index (χ3v) is 6.29. The predicted octanol–water partition coefficient (Wildman–Crippen LogP) is 5.02. The third kappa shape index (κ3) is 3.29. The molecular formula is C22H11F3N2O2S. The summed E-state index contributed by atoms with van der Waals surface area (Å²) in [5.74, 6) is -2.81. The van der Waals surface area contributed by atoms with Crippen LogP contribution in [0.3, 0.4) is 0 Å². The average molecular weight is 424 g/mol. The quantitative estimate of drug-likeness (QED) is 0.463. The number of rotatable bonds is 3. The van der Waals surface area contributed by atoms with E-state index in [1.54, 1.807) is 0 Å². The number of nitriles is 1. The van der Waals surface area contributed by atoms with Crippen LogP contribution in [-0.4, -0.2) is 13.4 Å². The Labute approximate surface area is 169 Å². The molecule has 0 spiro atoms. The van der Waals surface area contributed by atoms with E-state index in [-0.39, 0.29) is 27.6 Å². The van der Waals surface area contributed by atoms with Crippen molar-refractivity contribution < 1.29 is 21.6 Å². The maximum Gasteiger partial charge on any atom is 0.208 e. The first-order chi connectivity index (χ1) is 14.3. The summed E-state index contributed by atoms with van der Waals surface area (Å²) in [6.07, 6.45) is 1.00. The Morgan fingerprint density at radius 3 is 2.27 bits per heavy atom. The van der Waals surface area contributed by atoms with E-state index in [1.165, 1.54) is 42.5 Å². The van der Waals surface area contributed by atoms with E-state index in [1.807, 2.05) is 6.07 Å². The average Bonchev–Trinajstić information content (AvgIpc) is 2.72. The van der Waals surface area contributed by atoms with Gasteiger partial charge in [0.2, 0.25) is 9.84 Å². The number of sulfone groups is 1. The fourth-order valence-electron chi connectivity index (χ4n) is 3.20. The van der Waals surface area contributed by atoms with Gasteiger partial charge in [0.25, 0.3) is 0 Å². The monoisotopic (exact) mass is 424 g/mol. The molecule has 0 bridgehead atoms. The molecule has 4 rings (SSSR count). The lowest BCUT2D eigenvalue weighted by Gasteiger charge is -2.14. The van der Waals surface area contributed by atoms with Gasteiger partial charge in [0.15, 0.2) is 0 Å². The van der Waals surface area contributed by atoms with Crippen LogP contribution in [0.5, 0.6) is 0 Å². The molecule has 0 aliphatic carbocycles. The van der Waals surface area contributed by atoms with Crippen molar-refractivity contribution in [2.45, 2.75) is 9.79 Å². The van der Waals surface area contributed by atoms with Gasteiger partial charge in [-0.1, -0.05) is 24.3 Å².